The Morgan fingerprint density at radius 1 is 1.47 bits per heavy atom. The third-order valence-electron chi connectivity index (χ3n) is 2.48. The van der Waals surface area contributed by atoms with E-state index in [0.29, 0.717) is 6.54 Å². The molecular formula is C13H15BrN4O. The summed E-state index contributed by atoms with van der Waals surface area (Å²) in [5, 5.41) is 9.96. The van der Waals surface area contributed by atoms with Gasteiger partial charge in [-0.2, -0.15) is 5.10 Å². The highest BCUT2D eigenvalue weighted by atomic mass is 79.9. The molecule has 1 aromatic carbocycles. The fourth-order valence-electron chi connectivity index (χ4n) is 1.65. The van der Waals surface area contributed by atoms with E-state index >= 15 is 0 Å². The fraction of sp³-hybridized carbons (Fsp3) is 0.231. The predicted octanol–water partition coefficient (Wildman–Crippen LogP) is 1.91. The minimum absolute atomic E-state index is 0.0676. The van der Waals surface area contributed by atoms with Crippen LogP contribution in [0.25, 0.3) is 0 Å². The molecule has 6 heteroatoms. The summed E-state index contributed by atoms with van der Waals surface area (Å²) in [6.07, 6.45) is 3.69. The minimum Gasteiger partial charge on any atom is -0.325 e. The van der Waals surface area contributed by atoms with Gasteiger partial charge in [0.15, 0.2) is 0 Å². The van der Waals surface area contributed by atoms with Crippen LogP contribution in [0.1, 0.15) is 5.56 Å². The van der Waals surface area contributed by atoms with Crippen molar-refractivity contribution in [2.45, 2.75) is 6.54 Å². The van der Waals surface area contributed by atoms with E-state index < -0.39 is 0 Å². The van der Waals surface area contributed by atoms with Crippen LogP contribution in [0.5, 0.6) is 0 Å². The molecule has 0 aliphatic rings. The van der Waals surface area contributed by atoms with Crippen LogP contribution in [0.3, 0.4) is 0 Å². The SMILES string of the molecule is Cn1cc(CNCC(=O)Nc2cccc(Br)c2)cn1. The number of carbonyl (C=O) groups excluding carboxylic acids is 1. The molecule has 2 rings (SSSR count). The van der Waals surface area contributed by atoms with Crippen LogP contribution in [0.4, 0.5) is 5.69 Å². The highest BCUT2D eigenvalue weighted by Crippen LogP contribution is 2.15. The number of hydrogen-bond acceptors (Lipinski definition) is 3. The molecule has 1 heterocycles. The molecule has 0 spiro atoms. The molecule has 0 saturated heterocycles. The highest BCUT2D eigenvalue weighted by molar-refractivity contribution is 9.10. The van der Waals surface area contributed by atoms with E-state index in [1.807, 2.05) is 37.5 Å². The van der Waals surface area contributed by atoms with Crippen LogP contribution < -0.4 is 10.6 Å². The van der Waals surface area contributed by atoms with E-state index in [9.17, 15) is 4.79 Å². The van der Waals surface area contributed by atoms with Crippen LogP contribution in [-0.2, 0) is 18.4 Å². The van der Waals surface area contributed by atoms with Gasteiger partial charge in [0.05, 0.1) is 12.7 Å². The molecule has 0 fully saturated rings. The molecule has 0 unspecified atom stereocenters. The van der Waals surface area contributed by atoms with Crippen molar-refractivity contribution in [2.75, 3.05) is 11.9 Å². The van der Waals surface area contributed by atoms with Gasteiger partial charge in [0, 0.05) is 35.5 Å². The maximum absolute atomic E-state index is 11.7. The van der Waals surface area contributed by atoms with Crippen molar-refractivity contribution >= 4 is 27.5 Å². The maximum Gasteiger partial charge on any atom is 0.238 e. The van der Waals surface area contributed by atoms with Gasteiger partial charge in [0.1, 0.15) is 0 Å². The third kappa shape index (κ3) is 4.50. The van der Waals surface area contributed by atoms with Crippen molar-refractivity contribution in [2.24, 2.45) is 7.05 Å². The molecular weight excluding hydrogens is 308 g/mol. The van der Waals surface area contributed by atoms with Crippen LogP contribution in [-0.4, -0.2) is 22.2 Å². The molecule has 1 amide bonds. The van der Waals surface area contributed by atoms with Crippen molar-refractivity contribution in [1.29, 1.82) is 0 Å². The predicted molar refractivity (Wildman–Crippen MR) is 77.7 cm³/mol. The fourth-order valence-corrected chi connectivity index (χ4v) is 2.05. The number of anilines is 1. The van der Waals surface area contributed by atoms with Gasteiger partial charge in [0.25, 0.3) is 0 Å². The number of amides is 1. The first kappa shape index (κ1) is 13.8. The minimum atomic E-state index is -0.0676. The Kier molecular flexibility index (Phi) is 4.70. The molecule has 0 atom stereocenters. The third-order valence-corrected chi connectivity index (χ3v) is 2.97. The Hall–Kier alpha value is -1.66. The van der Waals surface area contributed by atoms with Crippen molar-refractivity contribution < 1.29 is 4.79 Å². The summed E-state index contributed by atoms with van der Waals surface area (Å²) in [5.41, 5.74) is 1.83. The number of nitrogens with one attached hydrogen (secondary N) is 2. The molecule has 1 aromatic heterocycles. The molecule has 2 aromatic rings. The second-order valence-corrected chi connectivity index (χ2v) is 5.10. The maximum atomic E-state index is 11.7. The Balaban J connectivity index is 1.76. The molecule has 0 saturated carbocycles. The number of nitrogens with zero attached hydrogens (tertiary/aromatic N) is 2. The normalized spacial score (nSPS) is 10.4. The van der Waals surface area contributed by atoms with E-state index in [1.54, 1.807) is 10.9 Å². The zero-order valence-corrected chi connectivity index (χ0v) is 12.1. The smallest absolute Gasteiger partial charge is 0.238 e. The largest absolute Gasteiger partial charge is 0.325 e. The first-order valence-corrected chi connectivity index (χ1v) is 6.66. The van der Waals surface area contributed by atoms with E-state index in [1.165, 1.54) is 0 Å². The summed E-state index contributed by atoms with van der Waals surface area (Å²) < 4.78 is 2.67. The van der Waals surface area contributed by atoms with E-state index in [2.05, 4.69) is 31.7 Å². The molecule has 5 nitrogen and oxygen atoms in total. The van der Waals surface area contributed by atoms with Gasteiger partial charge in [-0.15, -0.1) is 0 Å². The Morgan fingerprint density at radius 3 is 3.00 bits per heavy atom. The second-order valence-electron chi connectivity index (χ2n) is 4.18. The molecule has 100 valence electrons. The number of carbonyl (C=O) groups is 1. The number of benzene rings is 1. The van der Waals surface area contributed by atoms with Crippen molar-refractivity contribution in [1.82, 2.24) is 15.1 Å². The van der Waals surface area contributed by atoms with E-state index in [-0.39, 0.29) is 12.5 Å². The molecule has 0 aliphatic heterocycles. The van der Waals surface area contributed by atoms with Crippen molar-refractivity contribution in [3.05, 3.63) is 46.7 Å². The number of aromatic nitrogens is 2. The van der Waals surface area contributed by atoms with Gasteiger partial charge in [0.2, 0.25) is 5.91 Å². The monoisotopic (exact) mass is 322 g/mol. The lowest BCUT2D eigenvalue weighted by atomic mass is 10.3. The summed E-state index contributed by atoms with van der Waals surface area (Å²) in [6, 6.07) is 7.50. The highest BCUT2D eigenvalue weighted by Gasteiger charge is 2.03. The lowest BCUT2D eigenvalue weighted by molar-refractivity contribution is -0.115. The average molecular weight is 323 g/mol. The Bertz CT molecular complexity index is 567. The quantitative estimate of drug-likeness (QED) is 0.884. The van der Waals surface area contributed by atoms with Gasteiger partial charge in [-0.25, -0.2) is 0 Å². The zero-order valence-electron chi connectivity index (χ0n) is 10.6. The first-order valence-electron chi connectivity index (χ1n) is 5.87. The molecule has 0 bridgehead atoms. The van der Waals surface area contributed by atoms with Crippen LogP contribution in [0.15, 0.2) is 41.1 Å². The van der Waals surface area contributed by atoms with Gasteiger partial charge >= 0.3 is 0 Å². The lowest BCUT2D eigenvalue weighted by Gasteiger charge is -2.06. The van der Waals surface area contributed by atoms with E-state index in [0.717, 1.165) is 15.7 Å². The van der Waals surface area contributed by atoms with Gasteiger partial charge < -0.3 is 10.6 Å². The second kappa shape index (κ2) is 6.49. The summed E-state index contributed by atoms with van der Waals surface area (Å²) in [6.45, 7) is 0.890. The summed E-state index contributed by atoms with van der Waals surface area (Å²) in [5.74, 6) is -0.0676. The zero-order chi connectivity index (χ0) is 13.7. The number of hydrogen-bond donors (Lipinski definition) is 2. The van der Waals surface area contributed by atoms with Crippen LogP contribution >= 0.6 is 15.9 Å². The first-order chi connectivity index (χ1) is 9.13. The van der Waals surface area contributed by atoms with Gasteiger partial charge in [-0.05, 0) is 18.2 Å². The molecule has 0 aliphatic carbocycles. The summed E-state index contributed by atoms with van der Waals surface area (Å²) in [7, 11) is 1.86. The summed E-state index contributed by atoms with van der Waals surface area (Å²) >= 11 is 3.36. The van der Waals surface area contributed by atoms with E-state index in [4.69, 9.17) is 0 Å². The number of rotatable bonds is 5. The van der Waals surface area contributed by atoms with Crippen molar-refractivity contribution in [3.8, 4) is 0 Å². The number of aryl methyl sites for hydroxylation is 1. The van der Waals surface area contributed by atoms with Crippen LogP contribution in [0.2, 0.25) is 0 Å². The van der Waals surface area contributed by atoms with Crippen molar-refractivity contribution in [3.63, 3.8) is 0 Å². The topological polar surface area (TPSA) is 59.0 Å². The lowest BCUT2D eigenvalue weighted by Crippen LogP contribution is -2.27. The van der Waals surface area contributed by atoms with Crippen LogP contribution in [0, 0.1) is 0 Å². The Labute approximate surface area is 120 Å². The molecule has 19 heavy (non-hydrogen) atoms. The standard InChI is InChI=1S/C13H15BrN4O/c1-18-9-10(7-16-18)6-15-8-13(19)17-12-4-2-3-11(14)5-12/h2-5,7,9,15H,6,8H2,1H3,(H,17,19). The molecule has 0 radical (unpaired) electrons. The average Bonchev–Trinajstić information content (AvgIpc) is 2.75. The Morgan fingerprint density at radius 2 is 2.32 bits per heavy atom. The van der Waals surface area contributed by atoms with Gasteiger partial charge in [-0.1, -0.05) is 22.0 Å². The summed E-state index contributed by atoms with van der Waals surface area (Å²) in [4.78, 5) is 11.7. The van der Waals surface area contributed by atoms with Gasteiger partial charge in [-0.3, -0.25) is 9.48 Å². The molecule has 2 N–H and O–H groups in total. The number of halogens is 1.